The van der Waals surface area contributed by atoms with E-state index in [-0.39, 0.29) is 22.4 Å². The van der Waals surface area contributed by atoms with Gasteiger partial charge in [-0.15, -0.1) is 11.8 Å². The van der Waals surface area contributed by atoms with E-state index in [0.29, 0.717) is 11.5 Å². The number of β-lactam (4-membered cyclic amide) rings is 1. The number of nitrogens with zero attached hydrogens (tertiary/aromatic N) is 1. The summed E-state index contributed by atoms with van der Waals surface area (Å²) >= 11 is 2.86. The first-order valence-electron chi connectivity index (χ1n) is 6.19. The minimum Gasteiger partial charge on any atom is -0.460 e. The van der Waals surface area contributed by atoms with Crippen LogP contribution in [0.2, 0.25) is 0 Å². The molecule has 2 aliphatic heterocycles. The molecular weight excluding hydrogens is 296 g/mol. The highest BCUT2D eigenvalue weighted by Crippen LogP contribution is 2.39. The molecule has 1 saturated heterocycles. The van der Waals surface area contributed by atoms with E-state index in [1.165, 1.54) is 18.0 Å². The maximum atomic E-state index is 11.9. The molecule has 1 fully saturated rings. The molecule has 0 bridgehead atoms. The molecule has 0 spiro atoms. The average molecular weight is 310 g/mol. The van der Waals surface area contributed by atoms with Gasteiger partial charge in [-0.25, -0.2) is 0 Å². The van der Waals surface area contributed by atoms with E-state index in [4.69, 9.17) is 10.2 Å². The van der Waals surface area contributed by atoms with Gasteiger partial charge in [0.2, 0.25) is 5.91 Å². The molecule has 0 aromatic carbocycles. The second-order valence-corrected chi connectivity index (χ2v) is 6.73. The number of carbonyl (C=O) groups excluding carboxylic acids is 2. The first-order valence-corrected chi connectivity index (χ1v) is 8.22. The molecule has 1 aromatic rings. The van der Waals surface area contributed by atoms with Crippen LogP contribution in [0.4, 0.5) is 0 Å². The Hall–Kier alpha value is -1.18. The van der Waals surface area contributed by atoms with E-state index in [9.17, 15) is 9.59 Å². The monoisotopic (exact) mass is 310 g/mol. The van der Waals surface area contributed by atoms with Crippen LogP contribution in [-0.4, -0.2) is 38.8 Å². The zero-order valence-electron chi connectivity index (χ0n) is 10.9. The molecule has 0 saturated carbocycles. The van der Waals surface area contributed by atoms with E-state index < -0.39 is 0 Å². The lowest BCUT2D eigenvalue weighted by Crippen LogP contribution is -2.67. The van der Waals surface area contributed by atoms with Gasteiger partial charge in [0.25, 0.3) is 5.12 Å². The van der Waals surface area contributed by atoms with Crippen molar-refractivity contribution in [2.24, 2.45) is 5.73 Å². The van der Waals surface area contributed by atoms with E-state index in [1.54, 1.807) is 28.8 Å². The second-order valence-electron chi connectivity index (χ2n) is 4.68. The van der Waals surface area contributed by atoms with Crippen LogP contribution in [0.1, 0.15) is 17.5 Å². The predicted molar refractivity (Wildman–Crippen MR) is 79.3 cm³/mol. The molecular formula is C13H14N2O3S2. The fourth-order valence-corrected chi connectivity index (χ4v) is 4.67. The third kappa shape index (κ3) is 2.19. The summed E-state index contributed by atoms with van der Waals surface area (Å²) in [5.41, 5.74) is 7.82. The summed E-state index contributed by atoms with van der Waals surface area (Å²) in [6.45, 7) is 1.92. The summed E-state index contributed by atoms with van der Waals surface area (Å²) in [6, 6.07) is 2.97. The maximum Gasteiger partial charge on any atom is 0.254 e. The number of amides is 1. The van der Waals surface area contributed by atoms with Crippen molar-refractivity contribution in [1.82, 2.24) is 4.90 Å². The van der Waals surface area contributed by atoms with Crippen molar-refractivity contribution in [3.05, 3.63) is 35.4 Å². The topological polar surface area (TPSA) is 76.5 Å². The van der Waals surface area contributed by atoms with Crippen LogP contribution in [0.25, 0.3) is 0 Å². The molecule has 2 N–H and O–H groups in total. The molecule has 5 nitrogen and oxygen atoms in total. The second kappa shape index (κ2) is 5.31. The van der Waals surface area contributed by atoms with Crippen molar-refractivity contribution in [2.45, 2.75) is 18.3 Å². The Morgan fingerprint density at radius 3 is 3.15 bits per heavy atom. The molecule has 7 heteroatoms. The molecule has 0 radical (unpaired) electrons. The minimum atomic E-state index is -0.381. The van der Waals surface area contributed by atoms with Gasteiger partial charge in [-0.05, 0) is 24.6 Å². The van der Waals surface area contributed by atoms with Crippen molar-refractivity contribution in [3.8, 4) is 0 Å². The zero-order chi connectivity index (χ0) is 14.3. The van der Waals surface area contributed by atoms with Gasteiger partial charge in [-0.2, -0.15) is 0 Å². The average Bonchev–Trinajstić information content (AvgIpc) is 2.98. The third-order valence-corrected chi connectivity index (χ3v) is 5.80. The van der Waals surface area contributed by atoms with Crippen LogP contribution in [-0.2, 0) is 4.79 Å². The van der Waals surface area contributed by atoms with Crippen molar-refractivity contribution in [1.29, 1.82) is 0 Å². The summed E-state index contributed by atoms with van der Waals surface area (Å²) in [5.74, 6) is 1.72. The van der Waals surface area contributed by atoms with Gasteiger partial charge in [0.05, 0.1) is 6.26 Å². The third-order valence-electron chi connectivity index (χ3n) is 3.49. The van der Waals surface area contributed by atoms with Crippen molar-refractivity contribution >= 4 is 34.5 Å². The lowest BCUT2D eigenvalue weighted by molar-refractivity contribution is -0.141. The summed E-state index contributed by atoms with van der Waals surface area (Å²) in [7, 11) is 0. The predicted octanol–water partition coefficient (Wildman–Crippen LogP) is 1.67. The van der Waals surface area contributed by atoms with E-state index in [1.807, 2.05) is 6.92 Å². The van der Waals surface area contributed by atoms with Crippen molar-refractivity contribution in [3.63, 3.8) is 0 Å². The van der Waals surface area contributed by atoms with Gasteiger partial charge >= 0.3 is 0 Å². The van der Waals surface area contributed by atoms with Crippen LogP contribution in [0, 0.1) is 0 Å². The number of hydrogen-bond acceptors (Lipinski definition) is 6. The Morgan fingerprint density at radius 1 is 1.65 bits per heavy atom. The normalized spacial score (nSPS) is 25.5. The molecule has 0 aliphatic carbocycles. The number of hydrogen-bond donors (Lipinski definition) is 1. The molecule has 3 rings (SSSR count). The van der Waals surface area contributed by atoms with Gasteiger partial charge in [0, 0.05) is 17.2 Å². The Morgan fingerprint density at radius 2 is 2.45 bits per heavy atom. The van der Waals surface area contributed by atoms with E-state index in [2.05, 4.69) is 0 Å². The van der Waals surface area contributed by atoms with Crippen molar-refractivity contribution in [2.75, 3.05) is 11.5 Å². The fraction of sp³-hybridized carbons (Fsp3) is 0.385. The number of furan rings is 1. The van der Waals surface area contributed by atoms with Gasteiger partial charge in [-0.3, -0.25) is 9.59 Å². The summed E-state index contributed by atoms with van der Waals surface area (Å²) in [5, 5.41) is -0.0221. The SMILES string of the molecule is CC1=C(CSC(=O)c2ccco2)CSC2C(N)C(=O)N12. The highest BCUT2D eigenvalue weighted by Gasteiger charge is 2.48. The first-order chi connectivity index (χ1) is 9.59. The molecule has 106 valence electrons. The zero-order valence-corrected chi connectivity index (χ0v) is 12.5. The Bertz CT molecular complexity index is 582. The fourth-order valence-electron chi connectivity index (χ4n) is 2.25. The van der Waals surface area contributed by atoms with Crippen molar-refractivity contribution < 1.29 is 14.0 Å². The molecule has 2 unspecified atom stereocenters. The number of nitrogens with two attached hydrogens (primary N) is 1. The van der Waals surface area contributed by atoms with Crippen LogP contribution in [0.15, 0.2) is 34.1 Å². The molecule has 1 aromatic heterocycles. The summed E-state index contributed by atoms with van der Waals surface area (Å²) < 4.78 is 5.07. The molecule has 1 amide bonds. The number of thioether (sulfide) groups is 2. The van der Waals surface area contributed by atoms with Gasteiger partial charge in [0.15, 0.2) is 5.76 Å². The standard InChI is InChI=1S/C13H14N2O3S2/c1-7-8(5-19-12-10(14)11(16)15(7)12)6-20-13(17)9-3-2-4-18-9/h2-4,10,12H,5-6,14H2,1H3. The summed E-state index contributed by atoms with van der Waals surface area (Å²) in [4.78, 5) is 25.4. The van der Waals surface area contributed by atoms with Crippen LogP contribution in [0.3, 0.4) is 0 Å². The Labute approximate surface area is 124 Å². The number of allylic oxidation sites excluding steroid dienone is 1. The maximum absolute atomic E-state index is 11.9. The number of carbonyl (C=O) groups is 2. The highest BCUT2D eigenvalue weighted by molar-refractivity contribution is 8.14. The lowest BCUT2D eigenvalue weighted by atomic mass is 10.1. The quantitative estimate of drug-likeness (QED) is 0.856. The van der Waals surface area contributed by atoms with Crippen LogP contribution < -0.4 is 5.73 Å². The molecule has 3 heterocycles. The van der Waals surface area contributed by atoms with E-state index in [0.717, 1.165) is 17.0 Å². The largest absolute Gasteiger partial charge is 0.460 e. The number of rotatable bonds is 3. The molecule has 20 heavy (non-hydrogen) atoms. The van der Waals surface area contributed by atoms with Crippen LogP contribution in [0.5, 0.6) is 0 Å². The van der Waals surface area contributed by atoms with Gasteiger partial charge < -0.3 is 15.1 Å². The van der Waals surface area contributed by atoms with E-state index >= 15 is 0 Å². The highest BCUT2D eigenvalue weighted by atomic mass is 32.2. The van der Waals surface area contributed by atoms with Crippen LogP contribution >= 0.6 is 23.5 Å². The smallest absolute Gasteiger partial charge is 0.254 e. The summed E-state index contributed by atoms with van der Waals surface area (Å²) in [6.07, 6.45) is 1.49. The Kier molecular flexibility index (Phi) is 3.66. The van der Waals surface area contributed by atoms with Gasteiger partial charge in [-0.1, -0.05) is 11.8 Å². The van der Waals surface area contributed by atoms with Gasteiger partial charge in [0.1, 0.15) is 11.4 Å². The minimum absolute atomic E-state index is 0.0282. The Balaban J connectivity index is 1.66. The molecule has 2 aliphatic rings. The number of fused-ring (bicyclic) bond motifs is 1. The molecule has 2 atom stereocenters. The first kappa shape index (κ1) is 13.8. The lowest BCUT2D eigenvalue weighted by Gasteiger charge is -2.48.